The van der Waals surface area contributed by atoms with E-state index in [1.807, 2.05) is 6.07 Å². The smallest absolute Gasteiger partial charge is 0.262 e. The minimum atomic E-state index is -3.51. The minimum absolute atomic E-state index is 0.295. The second kappa shape index (κ2) is 4.59. The van der Waals surface area contributed by atoms with Crippen molar-refractivity contribution in [3.63, 3.8) is 0 Å². The van der Waals surface area contributed by atoms with Gasteiger partial charge in [-0.1, -0.05) is 30.3 Å². The molecule has 0 saturated carbocycles. The molecule has 0 spiro atoms. The lowest BCUT2D eigenvalue weighted by molar-refractivity contribution is 0.600. The van der Waals surface area contributed by atoms with Crippen molar-refractivity contribution >= 4 is 15.7 Å². The molecular weight excluding hydrogens is 234 g/mol. The Kier molecular flexibility index (Phi) is 3.15. The summed E-state index contributed by atoms with van der Waals surface area (Å²) in [6.45, 7) is 1.77. The largest absolute Gasteiger partial charge is 0.280 e. The number of hydrogen-bond acceptors (Lipinski definition) is 2. The van der Waals surface area contributed by atoms with E-state index in [1.165, 1.54) is 0 Å². The van der Waals surface area contributed by atoms with Gasteiger partial charge in [0.25, 0.3) is 10.0 Å². The van der Waals surface area contributed by atoms with Crippen LogP contribution in [0.25, 0.3) is 0 Å². The molecule has 0 amide bonds. The molecule has 0 aromatic heterocycles. The molecule has 0 saturated heterocycles. The zero-order chi connectivity index (χ0) is 12.3. The Morgan fingerprint density at radius 2 is 1.88 bits per heavy atom. The summed E-state index contributed by atoms with van der Waals surface area (Å²) in [5, 5.41) is 0. The van der Waals surface area contributed by atoms with Gasteiger partial charge in [0.1, 0.15) is 0 Å². The first kappa shape index (κ1) is 11.7. The van der Waals surface area contributed by atoms with Gasteiger partial charge in [-0.05, 0) is 36.8 Å². The van der Waals surface area contributed by atoms with Gasteiger partial charge in [-0.15, -0.1) is 0 Å². The first-order valence-corrected chi connectivity index (χ1v) is 6.62. The topological polar surface area (TPSA) is 46.2 Å². The molecule has 0 aliphatic carbocycles. The van der Waals surface area contributed by atoms with Gasteiger partial charge in [0, 0.05) is 5.69 Å². The van der Waals surface area contributed by atoms with E-state index in [0.29, 0.717) is 10.6 Å². The summed E-state index contributed by atoms with van der Waals surface area (Å²) >= 11 is 0. The van der Waals surface area contributed by atoms with Crippen LogP contribution in [-0.2, 0) is 10.0 Å². The molecule has 17 heavy (non-hydrogen) atoms. The lowest BCUT2D eigenvalue weighted by Gasteiger charge is -2.09. The van der Waals surface area contributed by atoms with E-state index in [4.69, 9.17) is 0 Å². The third-order valence-corrected chi connectivity index (χ3v) is 3.88. The molecule has 0 bridgehead atoms. The fourth-order valence-electron chi connectivity index (χ4n) is 1.52. The highest BCUT2D eigenvalue weighted by Gasteiger charge is 2.15. The first-order chi connectivity index (χ1) is 8.09. The van der Waals surface area contributed by atoms with Gasteiger partial charge in [-0.3, -0.25) is 4.72 Å². The van der Waals surface area contributed by atoms with Crippen LogP contribution < -0.4 is 4.72 Å². The number of rotatable bonds is 3. The van der Waals surface area contributed by atoms with Crippen molar-refractivity contribution in [2.45, 2.75) is 11.8 Å². The van der Waals surface area contributed by atoms with Crippen molar-refractivity contribution in [1.82, 2.24) is 0 Å². The highest BCUT2D eigenvalue weighted by atomic mass is 32.2. The Bertz CT molecular complexity index is 606. The van der Waals surface area contributed by atoms with E-state index in [9.17, 15) is 8.42 Å². The van der Waals surface area contributed by atoms with Crippen LogP contribution in [0.15, 0.2) is 53.4 Å². The van der Waals surface area contributed by atoms with Crippen LogP contribution in [0.5, 0.6) is 0 Å². The first-order valence-electron chi connectivity index (χ1n) is 5.14. The molecule has 0 unspecified atom stereocenters. The molecule has 0 aliphatic heterocycles. The molecular formula is C13H12NO2S. The molecule has 2 aromatic rings. The highest BCUT2D eigenvalue weighted by molar-refractivity contribution is 7.92. The van der Waals surface area contributed by atoms with Crippen molar-refractivity contribution in [3.05, 3.63) is 60.2 Å². The van der Waals surface area contributed by atoms with Crippen LogP contribution in [0.1, 0.15) is 5.56 Å². The van der Waals surface area contributed by atoms with Crippen molar-refractivity contribution < 1.29 is 8.42 Å². The lowest BCUT2D eigenvalue weighted by atomic mass is 10.2. The summed E-state index contributed by atoms with van der Waals surface area (Å²) < 4.78 is 26.7. The van der Waals surface area contributed by atoms with Gasteiger partial charge >= 0.3 is 0 Å². The quantitative estimate of drug-likeness (QED) is 0.904. The van der Waals surface area contributed by atoms with Crippen molar-refractivity contribution in [3.8, 4) is 0 Å². The third-order valence-electron chi connectivity index (χ3n) is 2.34. The van der Waals surface area contributed by atoms with Crippen molar-refractivity contribution in [1.29, 1.82) is 0 Å². The normalized spacial score (nSPS) is 11.1. The van der Waals surface area contributed by atoms with Crippen LogP contribution in [0.3, 0.4) is 0 Å². The molecule has 0 fully saturated rings. The average molecular weight is 246 g/mol. The number of anilines is 1. The van der Waals surface area contributed by atoms with E-state index in [2.05, 4.69) is 10.8 Å². The molecule has 4 heteroatoms. The molecule has 2 rings (SSSR count). The summed E-state index contributed by atoms with van der Waals surface area (Å²) in [7, 11) is -3.51. The van der Waals surface area contributed by atoms with E-state index in [0.717, 1.165) is 5.56 Å². The van der Waals surface area contributed by atoms with Gasteiger partial charge in [0.05, 0.1) is 4.90 Å². The summed E-state index contributed by atoms with van der Waals surface area (Å²) in [6.07, 6.45) is 0. The van der Waals surface area contributed by atoms with Crippen LogP contribution in [0.4, 0.5) is 5.69 Å². The SMILES string of the molecule is Cc1ccccc1S(=O)(=O)Nc1c[c]ccc1. The molecule has 0 heterocycles. The number of benzene rings is 2. The highest BCUT2D eigenvalue weighted by Crippen LogP contribution is 2.18. The van der Waals surface area contributed by atoms with E-state index in [-0.39, 0.29) is 0 Å². The molecule has 87 valence electrons. The fourth-order valence-corrected chi connectivity index (χ4v) is 2.82. The Hall–Kier alpha value is -1.81. The standard InChI is InChI=1S/C13H12NO2S/c1-11-7-5-6-10-13(11)17(15,16)14-12-8-3-2-4-9-12/h2-3,5-10,14H,1H3. The molecule has 2 aromatic carbocycles. The van der Waals surface area contributed by atoms with Gasteiger partial charge in [0.15, 0.2) is 0 Å². The number of nitrogens with one attached hydrogen (secondary N) is 1. The van der Waals surface area contributed by atoms with Gasteiger partial charge < -0.3 is 0 Å². The van der Waals surface area contributed by atoms with Crippen molar-refractivity contribution in [2.75, 3.05) is 4.72 Å². The Balaban J connectivity index is 2.36. The number of sulfonamides is 1. The molecule has 3 nitrogen and oxygen atoms in total. The maximum Gasteiger partial charge on any atom is 0.262 e. The molecule has 1 radical (unpaired) electrons. The van der Waals surface area contributed by atoms with Gasteiger partial charge in [-0.25, -0.2) is 8.42 Å². The summed E-state index contributed by atoms with van der Waals surface area (Å²) in [6, 6.07) is 16.4. The zero-order valence-corrected chi connectivity index (χ0v) is 10.2. The van der Waals surface area contributed by atoms with Crippen LogP contribution in [0, 0.1) is 13.0 Å². The predicted octanol–water partition coefficient (Wildman–Crippen LogP) is 2.60. The predicted molar refractivity (Wildman–Crippen MR) is 67.3 cm³/mol. The second-order valence-electron chi connectivity index (χ2n) is 3.66. The number of hydrogen-bond donors (Lipinski definition) is 1. The molecule has 0 aliphatic rings. The van der Waals surface area contributed by atoms with Crippen molar-refractivity contribution in [2.24, 2.45) is 0 Å². The maximum atomic E-state index is 12.1. The average Bonchev–Trinajstić information content (AvgIpc) is 2.30. The Labute approximate surface area is 101 Å². The van der Waals surface area contributed by atoms with E-state index in [1.54, 1.807) is 49.4 Å². The van der Waals surface area contributed by atoms with E-state index < -0.39 is 10.0 Å². The summed E-state index contributed by atoms with van der Waals surface area (Å²) in [5.74, 6) is 0. The van der Waals surface area contributed by atoms with Crippen LogP contribution in [0.2, 0.25) is 0 Å². The van der Waals surface area contributed by atoms with Crippen LogP contribution >= 0.6 is 0 Å². The fraction of sp³-hybridized carbons (Fsp3) is 0.0769. The third kappa shape index (κ3) is 2.65. The zero-order valence-electron chi connectivity index (χ0n) is 9.34. The van der Waals surface area contributed by atoms with Crippen LogP contribution in [-0.4, -0.2) is 8.42 Å². The van der Waals surface area contributed by atoms with Gasteiger partial charge in [-0.2, -0.15) is 0 Å². The maximum absolute atomic E-state index is 12.1. The number of aryl methyl sites for hydroxylation is 1. The minimum Gasteiger partial charge on any atom is -0.280 e. The lowest BCUT2D eigenvalue weighted by Crippen LogP contribution is -2.13. The molecule has 0 atom stereocenters. The summed E-state index contributed by atoms with van der Waals surface area (Å²) in [4.78, 5) is 0.295. The Morgan fingerprint density at radius 3 is 2.53 bits per heavy atom. The summed E-state index contributed by atoms with van der Waals surface area (Å²) in [5.41, 5.74) is 1.23. The second-order valence-corrected chi connectivity index (χ2v) is 5.31. The molecule has 1 N–H and O–H groups in total. The van der Waals surface area contributed by atoms with Gasteiger partial charge in [0.2, 0.25) is 0 Å². The van der Waals surface area contributed by atoms with E-state index >= 15 is 0 Å². The monoisotopic (exact) mass is 246 g/mol. The Morgan fingerprint density at radius 1 is 1.12 bits per heavy atom.